The third kappa shape index (κ3) is 3.46. The number of benzene rings is 2. The van der Waals surface area contributed by atoms with Crippen molar-refractivity contribution in [2.75, 3.05) is 0 Å². The first kappa shape index (κ1) is 18.1. The summed E-state index contributed by atoms with van der Waals surface area (Å²) in [5, 5.41) is 8.39. The maximum atomic E-state index is 14.1. The molecule has 0 fully saturated rings. The molecular formula is C16H11F4N3O2S. The van der Waals surface area contributed by atoms with Crippen LogP contribution in [0.2, 0.25) is 0 Å². The quantitative estimate of drug-likeness (QED) is 0.703. The van der Waals surface area contributed by atoms with Gasteiger partial charge in [-0.05, 0) is 18.2 Å². The summed E-state index contributed by atoms with van der Waals surface area (Å²) in [6, 6.07) is 11.7. The van der Waals surface area contributed by atoms with E-state index in [9.17, 15) is 26.0 Å². The fourth-order valence-corrected chi connectivity index (χ4v) is 2.97. The largest absolute Gasteiger partial charge is 0.435 e. The summed E-state index contributed by atoms with van der Waals surface area (Å²) in [5.41, 5.74) is -0.747. The molecule has 0 unspecified atom stereocenters. The van der Waals surface area contributed by atoms with Gasteiger partial charge >= 0.3 is 6.18 Å². The molecule has 2 N–H and O–H groups in total. The minimum atomic E-state index is -4.70. The Morgan fingerprint density at radius 1 is 1.00 bits per heavy atom. The summed E-state index contributed by atoms with van der Waals surface area (Å²) in [4.78, 5) is -0.759. The van der Waals surface area contributed by atoms with Crippen molar-refractivity contribution < 1.29 is 26.0 Å². The highest BCUT2D eigenvalue weighted by Crippen LogP contribution is 2.33. The van der Waals surface area contributed by atoms with Crippen molar-refractivity contribution in [3.8, 4) is 16.9 Å². The number of alkyl halides is 3. The molecule has 0 saturated heterocycles. The van der Waals surface area contributed by atoms with Crippen molar-refractivity contribution in [1.82, 2.24) is 9.78 Å². The van der Waals surface area contributed by atoms with Gasteiger partial charge in [0.15, 0.2) is 5.69 Å². The van der Waals surface area contributed by atoms with Gasteiger partial charge in [-0.2, -0.15) is 18.3 Å². The molecule has 0 aliphatic heterocycles. The van der Waals surface area contributed by atoms with Crippen LogP contribution in [0.4, 0.5) is 17.6 Å². The molecule has 0 aliphatic rings. The summed E-state index contributed by atoms with van der Waals surface area (Å²) < 4.78 is 76.8. The first-order chi connectivity index (χ1) is 12.1. The average Bonchev–Trinajstić information content (AvgIpc) is 3.00. The van der Waals surface area contributed by atoms with Crippen LogP contribution in [0.25, 0.3) is 16.9 Å². The number of rotatable bonds is 3. The Bertz CT molecular complexity index is 1060. The van der Waals surface area contributed by atoms with Crippen molar-refractivity contribution in [1.29, 1.82) is 0 Å². The molecule has 26 heavy (non-hydrogen) atoms. The molecule has 0 atom stereocenters. The summed E-state index contributed by atoms with van der Waals surface area (Å²) in [6.07, 6.45) is -4.70. The third-order valence-corrected chi connectivity index (χ3v) is 4.48. The summed E-state index contributed by atoms with van der Waals surface area (Å²) in [5.74, 6) is -1.19. The van der Waals surface area contributed by atoms with Gasteiger partial charge in [-0.25, -0.2) is 22.6 Å². The van der Waals surface area contributed by atoms with Gasteiger partial charge in [-0.15, -0.1) is 0 Å². The van der Waals surface area contributed by atoms with Crippen LogP contribution in [0.5, 0.6) is 0 Å². The fourth-order valence-electron chi connectivity index (χ4n) is 2.38. The molecule has 0 spiro atoms. The van der Waals surface area contributed by atoms with Gasteiger partial charge in [0.05, 0.1) is 11.4 Å². The zero-order valence-electron chi connectivity index (χ0n) is 12.9. The van der Waals surface area contributed by atoms with Crippen LogP contribution in [0.15, 0.2) is 59.5 Å². The number of halogens is 4. The second-order valence-electron chi connectivity index (χ2n) is 5.35. The predicted octanol–water partition coefficient (Wildman–Crippen LogP) is 3.34. The van der Waals surface area contributed by atoms with Crippen LogP contribution in [0, 0.1) is 5.82 Å². The molecule has 1 aromatic heterocycles. The standard InChI is InChI=1S/C16H11F4N3O2S/c17-12-8-11(6-7-14(12)26(21,24)25)23-13(10-4-2-1-3-5-10)9-15(22-23)16(18,19)20/h1-9H,(H2,21,24,25). The Balaban J connectivity index is 2.21. The van der Waals surface area contributed by atoms with Crippen LogP contribution in [0.3, 0.4) is 0 Å². The minimum absolute atomic E-state index is 0.0701. The topological polar surface area (TPSA) is 78.0 Å². The van der Waals surface area contributed by atoms with Gasteiger partial charge in [0.25, 0.3) is 0 Å². The van der Waals surface area contributed by atoms with Crippen molar-refractivity contribution in [3.05, 3.63) is 66.1 Å². The van der Waals surface area contributed by atoms with E-state index in [1.165, 1.54) is 0 Å². The molecule has 5 nitrogen and oxygen atoms in total. The summed E-state index contributed by atoms with van der Waals surface area (Å²) in [6.45, 7) is 0. The Morgan fingerprint density at radius 2 is 1.65 bits per heavy atom. The van der Waals surface area contributed by atoms with E-state index in [1.807, 2.05) is 0 Å². The normalized spacial score (nSPS) is 12.3. The molecule has 0 amide bonds. The SMILES string of the molecule is NS(=O)(=O)c1ccc(-n2nc(C(F)(F)F)cc2-c2ccccc2)cc1F. The molecule has 10 heteroatoms. The van der Waals surface area contributed by atoms with Gasteiger partial charge in [0.2, 0.25) is 10.0 Å². The van der Waals surface area contributed by atoms with Gasteiger partial charge in [-0.1, -0.05) is 30.3 Å². The molecule has 0 bridgehead atoms. The van der Waals surface area contributed by atoms with Gasteiger partial charge < -0.3 is 0 Å². The van der Waals surface area contributed by atoms with E-state index in [0.29, 0.717) is 5.56 Å². The Labute approximate surface area is 145 Å². The maximum absolute atomic E-state index is 14.1. The highest BCUT2D eigenvalue weighted by Gasteiger charge is 2.35. The first-order valence-electron chi connectivity index (χ1n) is 7.13. The predicted molar refractivity (Wildman–Crippen MR) is 85.3 cm³/mol. The second kappa shape index (κ2) is 6.22. The van der Waals surface area contributed by atoms with Gasteiger partial charge in [0.1, 0.15) is 10.7 Å². The summed E-state index contributed by atoms with van der Waals surface area (Å²) >= 11 is 0. The Morgan fingerprint density at radius 3 is 2.19 bits per heavy atom. The molecule has 3 aromatic rings. The fraction of sp³-hybridized carbons (Fsp3) is 0.0625. The molecule has 3 rings (SSSR count). The minimum Gasteiger partial charge on any atom is -0.232 e. The molecule has 0 aliphatic carbocycles. The van der Waals surface area contributed by atoms with Crippen molar-refractivity contribution in [2.24, 2.45) is 5.14 Å². The van der Waals surface area contributed by atoms with Gasteiger partial charge in [0, 0.05) is 11.6 Å². The van der Waals surface area contributed by atoms with E-state index in [2.05, 4.69) is 5.10 Å². The monoisotopic (exact) mass is 385 g/mol. The molecule has 0 saturated carbocycles. The van der Waals surface area contributed by atoms with Crippen LogP contribution in [0.1, 0.15) is 5.69 Å². The van der Waals surface area contributed by atoms with E-state index in [4.69, 9.17) is 5.14 Å². The van der Waals surface area contributed by atoms with E-state index in [-0.39, 0.29) is 11.4 Å². The zero-order valence-corrected chi connectivity index (χ0v) is 13.7. The van der Waals surface area contributed by atoms with E-state index in [1.54, 1.807) is 30.3 Å². The lowest BCUT2D eigenvalue weighted by molar-refractivity contribution is -0.141. The lowest BCUT2D eigenvalue weighted by atomic mass is 10.1. The second-order valence-corrected chi connectivity index (χ2v) is 6.88. The molecule has 136 valence electrons. The zero-order chi connectivity index (χ0) is 19.1. The number of aromatic nitrogens is 2. The summed E-state index contributed by atoms with van der Waals surface area (Å²) in [7, 11) is -4.30. The highest BCUT2D eigenvalue weighted by molar-refractivity contribution is 7.89. The number of hydrogen-bond acceptors (Lipinski definition) is 3. The maximum Gasteiger partial charge on any atom is 0.435 e. The lowest BCUT2D eigenvalue weighted by Crippen LogP contribution is -2.14. The Hall–Kier alpha value is -2.72. The number of nitrogens with two attached hydrogens (primary N) is 1. The molecular weight excluding hydrogens is 374 g/mol. The molecule has 0 radical (unpaired) electrons. The third-order valence-electron chi connectivity index (χ3n) is 3.54. The van der Waals surface area contributed by atoms with Gasteiger partial charge in [-0.3, -0.25) is 0 Å². The van der Waals surface area contributed by atoms with Crippen LogP contribution >= 0.6 is 0 Å². The number of primary sulfonamides is 1. The van der Waals surface area contributed by atoms with E-state index < -0.39 is 32.6 Å². The van der Waals surface area contributed by atoms with Crippen LogP contribution < -0.4 is 5.14 Å². The average molecular weight is 385 g/mol. The van der Waals surface area contributed by atoms with Crippen LogP contribution in [-0.4, -0.2) is 18.2 Å². The smallest absolute Gasteiger partial charge is 0.232 e. The lowest BCUT2D eigenvalue weighted by Gasteiger charge is -2.09. The van der Waals surface area contributed by atoms with Crippen LogP contribution in [-0.2, 0) is 16.2 Å². The van der Waals surface area contributed by atoms with Crippen molar-refractivity contribution in [2.45, 2.75) is 11.1 Å². The van der Waals surface area contributed by atoms with E-state index in [0.717, 1.165) is 28.9 Å². The number of sulfonamides is 1. The first-order valence-corrected chi connectivity index (χ1v) is 8.67. The van der Waals surface area contributed by atoms with Crippen molar-refractivity contribution in [3.63, 3.8) is 0 Å². The molecule has 1 heterocycles. The number of nitrogens with zero attached hydrogens (tertiary/aromatic N) is 2. The van der Waals surface area contributed by atoms with E-state index >= 15 is 0 Å². The highest BCUT2D eigenvalue weighted by atomic mass is 32.2. The number of hydrogen-bond donors (Lipinski definition) is 1. The van der Waals surface area contributed by atoms with Crippen molar-refractivity contribution >= 4 is 10.0 Å². The Kier molecular flexibility index (Phi) is 4.32. The molecule has 2 aromatic carbocycles.